The van der Waals surface area contributed by atoms with E-state index in [9.17, 15) is 9.59 Å². The fourth-order valence-electron chi connectivity index (χ4n) is 6.28. The number of benzene rings is 2. The molecule has 0 bridgehead atoms. The number of ether oxygens (including phenoxy) is 2. The van der Waals surface area contributed by atoms with E-state index >= 15 is 0 Å². The second-order valence-electron chi connectivity index (χ2n) is 12.8. The van der Waals surface area contributed by atoms with E-state index in [1.165, 1.54) is 12.7 Å². The van der Waals surface area contributed by atoms with Gasteiger partial charge in [-0.3, -0.25) is 9.59 Å². The first-order valence-electron chi connectivity index (χ1n) is 18.0. The highest BCUT2D eigenvalue weighted by Crippen LogP contribution is 2.31. The van der Waals surface area contributed by atoms with Crippen molar-refractivity contribution in [3.8, 4) is 34.0 Å². The van der Waals surface area contributed by atoms with Gasteiger partial charge in [-0.25, -0.2) is 19.9 Å². The molecule has 2 aromatic carbocycles. The summed E-state index contributed by atoms with van der Waals surface area (Å²) in [6.45, 7) is 13.2. The van der Waals surface area contributed by atoms with E-state index < -0.39 is 0 Å². The van der Waals surface area contributed by atoms with Crippen LogP contribution in [0, 0.1) is 11.8 Å². The third-order valence-corrected chi connectivity index (χ3v) is 9.10. The number of carbonyl (C=O) groups excluding carboxylic acids is 2. The van der Waals surface area contributed by atoms with Crippen molar-refractivity contribution >= 4 is 23.5 Å². The van der Waals surface area contributed by atoms with Crippen LogP contribution in [0.2, 0.25) is 0 Å². The quantitative estimate of drug-likeness (QED) is 0.144. The molecular formula is C41H58N8O4. The van der Waals surface area contributed by atoms with Crippen LogP contribution < -0.4 is 25.4 Å². The Labute approximate surface area is 315 Å². The normalized spacial score (nSPS) is 14.8. The molecule has 4 heterocycles. The Morgan fingerprint density at radius 3 is 1.58 bits per heavy atom. The number of para-hydroxylation sites is 2. The maximum Gasteiger partial charge on any atom is 0.228 e. The van der Waals surface area contributed by atoms with Crippen molar-refractivity contribution in [3.05, 3.63) is 73.3 Å². The molecule has 0 spiro atoms. The van der Waals surface area contributed by atoms with E-state index in [2.05, 4.69) is 54.6 Å². The fourth-order valence-corrected chi connectivity index (χ4v) is 6.28. The molecule has 4 aromatic rings. The van der Waals surface area contributed by atoms with Crippen molar-refractivity contribution in [2.75, 3.05) is 50.0 Å². The fraction of sp³-hybridized carbons (Fsp3) is 0.463. The molecule has 2 aromatic heterocycles. The van der Waals surface area contributed by atoms with Gasteiger partial charge in [-0.15, -0.1) is 0 Å². The highest BCUT2D eigenvalue weighted by molar-refractivity contribution is 5.93. The van der Waals surface area contributed by atoms with E-state index in [1.54, 1.807) is 12.1 Å². The van der Waals surface area contributed by atoms with Crippen LogP contribution in [0.5, 0.6) is 11.5 Å². The standard InChI is InChI=1S/C21H28N4O2.C18H22N4O2.2CH4/c1-4-27-19-8-6-5-7-17(19)18-13-20(23-14-22-18)24-21(26)16-9-11-25(12-10-16)15(2)3;1-2-24-16-6-4-3-5-14(16)15-11-17(21-12-20-15)22-18(23)13-7-9-19-10-8-13;;/h5-8,13-16H,4,9-12H2,1-3H3,(H,22,23,24,26);3-6,11-13,19H,2,7-10H2,1H3,(H,20,21,22,23);2*1H4. The average molecular weight is 727 g/mol. The molecular weight excluding hydrogens is 669 g/mol. The van der Waals surface area contributed by atoms with Gasteiger partial charge in [-0.05, 0) is 104 Å². The number of piperidine rings is 2. The van der Waals surface area contributed by atoms with Crippen molar-refractivity contribution < 1.29 is 19.1 Å². The summed E-state index contributed by atoms with van der Waals surface area (Å²) in [5.74, 6) is 2.75. The van der Waals surface area contributed by atoms with Crippen LogP contribution in [0.1, 0.15) is 68.2 Å². The summed E-state index contributed by atoms with van der Waals surface area (Å²) in [7, 11) is 0. The Balaban J connectivity index is 0.000000277. The molecule has 2 aliphatic heterocycles. The number of likely N-dealkylation sites (tertiary alicyclic amines) is 1. The predicted molar refractivity (Wildman–Crippen MR) is 213 cm³/mol. The van der Waals surface area contributed by atoms with Gasteiger partial charge < -0.3 is 30.3 Å². The highest BCUT2D eigenvalue weighted by Gasteiger charge is 2.26. The maximum absolute atomic E-state index is 12.6. The Kier molecular flexibility index (Phi) is 17.3. The molecule has 0 saturated carbocycles. The van der Waals surface area contributed by atoms with E-state index in [0.29, 0.717) is 30.9 Å². The van der Waals surface area contributed by atoms with Gasteiger partial charge in [0, 0.05) is 41.1 Å². The van der Waals surface area contributed by atoms with Gasteiger partial charge in [0.25, 0.3) is 0 Å². The van der Waals surface area contributed by atoms with Gasteiger partial charge >= 0.3 is 0 Å². The summed E-state index contributed by atoms with van der Waals surface area (Å²) in [5, 5.41) is 9.15. The highest BCUT2D eigenvalue weighted by atomic mass is 16.5. The molecule has 0 aliphatic carbocycles. The molecule has 12 nitrogen and oxygen atoms in total. The van der Waals surface area contributed by atoms with E-state index in [-0.39, 0.29) is 38.5 Å². The van der Waals surface area contributed by atoms with Gasteiger partial charge in [-0.2, -0.15) is 0 Å². The second kappa shape index (κ2) is 21.6. The minimum atomic E-state index is 0. The average Bonchev–Trinajstić information content (AvgIpc) is 3.16. The third kappa shape index (κ3) is 12.0. The number of carbonyl (C=O) groups is 2. The van der Waals surface area contributed by atoms with Crippen LogP contribution in [-0.2, 0) is 9.59 Å². The minimum Gasteiger partial charge on any atom is -0.493 e. The Bertz CT molecular complexity index is 1720. The number of hydrogen-bond acceptors (Lipinski definition) is 10. The Morgan fingerprint density at radius 2 is 1.15 bits per heavy atom. The summed E-state index contributed by atoms with van der Waals surface area (Å²) in [6.07, 6.45) is 6.43. The monoisotopic (exact) mass is 726 g/mol. The zero-order valence-electron chi connectivity index (χ0n) is 30.1. The SMILES string of the molecule is C.C.CCOc1ccccc1-c1cc(NC(=O)C2CCN(C(C)C)CC2)ncn1.CCOc1ccccc1-c1cc(NC(=O)C2CCNCC2)ncn1. The number of amides is 2. The van der Waals surface area contributed by atoms with Gasteiger partial charge in [0.2, 0.25) is 11.8 Å². The van der Waals surface area contributed by atoms with Crippen LogP contribution in [0.4, 0.5) is 11.6 Å². The number of anilines is 2. The zero-order chi connectivity index (χ0) is 36.0. The molecule has 0 unspecified atom stereocenters. The Hall–Kier alpha value is -4.94. The number of nitrogens with one attached hydrogen (secondary N) is 3. The number of nitrogens with zero attached hydrogens (tertiary/aromatic N) is 5. The van der Waals surface area contributed by atoms with Gasteiger partial charge in [0.05, 0.1) is 24.6 Å². The van der Waals surface area contributed by atoms with Crippen LogP contribution in [0.15, 0.2) is 73.3 Å². The molecule has 6 rings (SSSR count). The van der Waals surface area contributed by atoms with Gasteiger partial charge in [0.15, 0.2) is 0 Å². The number of rotatable bonds is 11. The minimum absolute atomic E-state index is 0. The third-order valence-electron chi connectivity index (χ3n) is 9.10. The predicted octanol–water partition coefficient (Wildman–Crippen LogP) is 7.35. The van der Waals surface area contributed by atoms with Crippen LogP contribution >= 0.6 is 0 Å². The molecule has 3 N–H and O–H groups in total. The lowest BCUT2D eigenvalue weighted by Gasteiger charge is -2.33. The number of hydrogen-bond donors (Lipinski definition) is 3. The first-order chi connectivity index (χ1) is 24.9. The first-order valence-corrected chi connectivity index (χ1v) is 18.0. The first kappa shape index (κ1) is 42.5. The molecule has 2 aliphatic rings. The molecule has 2 amide bonds. The molecule has 0 radical (unpaired) electrons. The topological polar surface area (TPSA) is 143 Å². The summed E-state index contributed by atoms with van der Waals surface area (Å²) >= 11 is 0. The summed E-state index contributed by atoms with van der Waals surface area (Å²) in [4.78, 5) is 44.5. The molecule has 286 valence electrons. The molecule has 53 heavy (non-hydrogen) atoms. The van der Waals surface area contributed by atoms with Crippen LogP contribution in [-0.4, -0.2) is 82.1 Å². The largest absolute Gasteiger partial charge is 0.493 e. The summed E-state index contributed by atoms with van der Waals surface area (Å²) in [6, 6.07) is 19.6. The molecule has 2 fully saturated rings. The van der Waals surface area contributed by atoms with Crippen molar-refractivity contribution in [2.45, 2.75) is 74.3 Å². The summed E-state index contributed by atoms with van der Waals surface area (Å²) in [5.41, 5.74) is 3.25. The van der Waals surface area contributed by atoms with Crippen molar-refractivity contribution in [3.63, 3.8) is 0 Å². The maximum atomic E-state index is 12.6. The molecule has 0 atom stereocenters. The summed E-state index contributed by atoms with van der Waals surface area (Å²) < 4.78 is 11.3. The lowest BCUT2D eigenvalue weighted by molar-refractivity contribution is -0.121. The van der Waals surface area contributed by atoms with Crippen LogP contribution in [0.3, 0.4) is 0 Å². The second-order valence-corrected chi connectivity index (χ2v) is 12.8. The molecule has 12 heteroatoms. The van der Waals surface area contributed by atoms with E-state index in [0.717, 1.165) is 85.9 Å². The molecule has 2 saturated heterocycles. The lowest BCUT2D eigenvalue weighted by Crippen LogP contribution is -2.41. The van der Waals surface area contributed by atoms with Gasteiger partial charge in [0.1, 0.15) is 35.8 Å². The van der Waals surface area contributed by atoms with Gasteiger partial charge in [-0.1, -0.05) is 39.1 Å². The van der Waals surface area contributed by atoms with E-state index in [1.807, 2.05) is 62.4 Å². The van der Waals surface area contributed by atoms with Crippen molar-refractivity contribution in [1.29, 1.82) is 0 Å². The smallest absolute Gasteiger partial charge is 0.228 e. The zero-order valence-corrected chi connectivity index (χ0v) is 30.1. The van der Waals surface area contributed by atoms with Crippen molar-refractivity contribution in [2.24, 2.45) is 11.8 Å². The number of aromatic nitrogens is 4. The van der Waals surface area contributed by atoms with E-state index in [4.69, 9.17) is 9.47 Å². The lowest BCUT2D eigenvalue weighted by atomic mass is 9.95. The van der Waals surface area contributed by atoms with Crippen LogP contribution in [0.25, 0.3) is 22.5 Å². The van der Waals surface area contributed by atoms with Crippen molar-refractivity contribution in [1.82, 2.24) is 30.2 Å². The Morgan fingerprint density at radius 1 is 0.717 bits per heavy atom.